The molecule has 1 saturated heterocycles. The van der Waals surface area contributed by atoms with Gasteiger partial charge in [-0.1, -0.05) is 18.4 Å². The van der Waals surface area contributed by atoms with Gasteiger partial charge in [0.15, 0.2) is 0 Å². The lowest BCUT2D eigenvalue weighted by Gasteiger charge is -2.54. The molecule has 1 heterocycles. The third kappa shape index (κ3) is 1.50. The maximum Gasteiger partial charge on any atom is 0.115 e. The maximum atomic E-state index is 9.90. The molecule has 2 heteroatoms. The number of fused-ring (bicyclic) bond motifs is 1. The third-order valence-electron chi connectivity index (χ3n) is 5.98. The van der Waals surface area contributed by atoms with E-state index < -0.39 is 0 Å². The highest BCUT2D eigenvalue weighted by Crippen LogP contribution is 2.57. The molecule has 1 saturated carbocycles. The van der Waals surface area contributed by atoms with E-state index in [1.807, 2.05) is 12.1 Å². The molecule has 0 unspecified atom stereocenters. The van der Waals surface area contributed by atoms with Crippen molar-refractivity contribution < 1.29 is 5.11 Å². The monoisotopic (exact) mass is 267 g/mol. The molecule has 1 N–H and O–H groups in total. The summed E-state index contributed by atoms with van der Waals surface area (Å²) in [6.07, 6.45) is 11.8. The summed E-state index contributed by atoms with van der Waals surface area (Å²) in [7, 11) is 0. The first-order valence-electron chi connectivity index (χ1n) is 7.74. The summed E-state index contributed by atoms with van der Waals surface area (Å²) < 4.78 is 0. The van der Waals surface area contributed by atoms with Crippen LogP contribution in [0.2, 0.25) is 0 Å². The van der Waals surface area contributed by atoms with Gasteiger partial charge in [0.1, 0.15) is 5.75 Å². The van der Waals surface area contributed by atoms with Gasteiger partial charge in [-0.05, 0) is 54.9 Å². The van der Waals surface area contributed by atoms with Crippen LogP contribution in [0.5, 0.6) is 5.75 Å². The molecule has 2 bridgehead atoms. The summed E-state index contributed by atoms with van der Waals surface area (Å²) in [5.74, 6) is 4.00. The SMILES string of the molecule is C#CCN1CC[C@]23CCC[C@H]2[C@H]1Cc1ccc(O)cc13. The van der Waals surface area contributed by atoms with Gasteiger partial charge in [-0.25, -0.2) is 0 Å². The van der Waals surface area contributed by atoms with Crippen molar-refractivity contribution in [2.24, 2.45) is 5.92 Å². The molecule has 4 rings (SSSR count). The van der Waals surface area contributed by atoms with Crippen molar-refractivity contribution in [3.8, 4) is 18.1 Å². The highest BCUT2D eigenvalue weighted by atomic mass is 16.3. The van der Waals surface area contributed by atoms with Gasteiger partial charge < -0.3 is 5.11 Å². The van der Waals surface area contributed by atoms with E-state index in [0.29, 0.717) is 17.2 Å². The number of piperidine rings is 1. The van der Waals surface area contributed by atoms with Gasteiger partial charge in [0.25, 0.3) is 0 Å². The summed E-state index contributed by atoms with van der Waals surface area (Å²) in [4.78, 5) is 2.52. The van der Waals surface area contributed by atoms with Crippen molar-refractivity contribution in [3.63, 3.8) is 0 Å². The molecular formula is C18H21NO. The van der Waals surface area contributed by atoms with Crippen molar-refractivity contribution in [3.05, 3.63) is 29.3 Å². The highest BCUT2D eigenvalue weighted by Gasteiger charge is 2.55. The van der Waals surface area contributed by atoms with Crippen LogP contribution in [-0.2, 0) is 11.8 Å². The van der Waals surface area contributed by atoms with E-state index in [1.54, 1.807) is 0 Å². The molecular weight excluding hydrogens is 246 g/mol. The molecule has 104 valence electrons. The lowest BCUT2D eigenvalue weighted by Crippen LogP contribution is -2.57. The van der Waals surface area contributed by atoms with Crippen LogP contribution in [-0.4, -0.2) is 29.1 Å². The minimum atomic E-state index is 0.322. The van der Waals surface area contributed by atoms with Crippen LogP contribution >= 0.6 is 0 Å². The van der Waals surface area contributed by atoms with Gasteiger partial charge in [0.05, 0.1) is 6.54 Å². The van der Waals surface area contributed by atoms with Gasteiger partial charge in [-0.2, -0.15) is 0 Å². The largest absolute Gasteiger partial charge is 0.508 e. The van der Waals surface area contributed by atoms with E-state index >= 15 is 0 Å². The Morgan fingerprint density at radius 3 is 3.15 bits per heavy atom. The van der Waals surface area contributed by atoms with Crippen molar-refractivity contribution in [2.45, 2.75) is 43.6 Å². The van der Waals surface area contributed by atoms with E-state index in [-0.39, 0.29) is 0 Å². The number of nitrogens with zero attached hydrogens (tertiary/aromatic N) is 1. The molecule has 0 aromatic heterocycles. The summed E-state index contributed by atoms with van der Waals surface area (Å²) in [6, 6.07) is 6.62. The number of aromatic hydroxyl groups is 1. The Kier molecular flexibility index (Phi) is 2.62. The number of benzene rings is 1. The molecule has 1 aliphatic heterocycles. The molecule has 3 atom stereocenters. The van der Waals surface area contributed by atoms with Crippen molar-refractivity contribution in [1.82, 2.24) is 4.90 Å². The fraction of sp³-hybridized carbons (Fsp3) is 0.556. The Morgan fingerprint density at radius 2 is 2.30 bits per heavy atom. The number of phenols is 1. The van der Waals surface area contributed by atoms with Gasteiger partial charge in [-0.15, -0.1) is 6.42 Å². The number of terminal acetylenes is 1. The highest BCUT2D eigenvalue weighted by molar-refractivity contribution is 5.45. The molecule has 2 aliphatic carbocycles. The Bertz CT molecular complexity index is 588. The molecule has 3 aliphatic rings. The first kappa shape index (κ1) is 12.3. The average Bonchev–Trinajstić information content (AvgIpc) is 2.89. The molecule has 0 amide bonds. The van der Waals surface area contributed by atoms with Gasteiger partial charge in [-0.3, -0.25) is 4.90 Å². The molecule has 1 aromatic carbocycles. The Labute approximate surface area is 120 Å². The molecule has 2 fully saturated rings. The molecule has 0 spiro atoms. The lowest BCUT2D eigenvalue weighted by atomic mass is 9.59. The van der Waals surface area contributed by atoms with E-state index in [1.165, 1.54) is 36.8 Å². The first-order valence-corrected chi connectivity index (χ1v) is 7.74. The number of hydrogen-bond donors (Lipinski definition) is 1. The second-order valence-electron chi connectivity index (χ2n) is 6.69. The second-order valence-corrected chi connectivity index (χ2v) is 6.69. The van der Waals surface area contributed by atoms with Crippen LogP contribution in [0.1, 0.15) is 36.8 Å². The Hall–Kier alpha value is -1.46. The predicted octanol–water partition coefficient (Wildman–Crippen LogP) is 2.69. The topological polar surface area (TPSA) is 23.5 Å². The third-order valence-corrected chi connectivity index (χ3v) is 5.98. The zero-order valence-electron chi connectivity index (χ0n) is 11.8. The summed E-state index contributed by atoms with van der Waals surface area (Å²) in [5.41, 5.74) is 3.20. The normalized spacial score (nSPS) is 35.1. The molecule has 0 radical (unpaired) electrons. The van der Waals surface area contributed by atoms with E-state index in [2.05, 4.69) is 16.9 Å². The minimum absolute atomic E-state index is 0.322. The fourth-order valence-corrected chi connectivity index (χ4v) is 5.22. The van der Waals surface area contributed by atoms with Gasteiger partial charge in [0.2, 0.25) is 0 Å². The molecule has 2 nitrogen and oxygen atoms in total. The average molecular weight is 267 g/mol. The smallest absolute Gasteiger partial charge is 0.115 e. The molecule has 20 heavy (non-hydrogen) atoms. The van der Waals surface area contributed by atoms with Crippen LogP contribution in [0.4, 0.5) is 0 Å². The number of hydrogen-bond acceptors (Lipinski definition) is 2. The van der Waals surface area contributed by atoms with Crippen LogP contribution < -0.4 is 0 Å². The zero-order chi connectivity index (χ0) is 13.7. The Balaban J connectivity index is 1.84. The van der Waals surface area contributed by atoms with E-state index in [9.17, 15) is 5.11 Å². The summed E-state index contributed by atoms with van der Waals surface area (Å²) >= 11 is 0. The van der Waals surface area contributed by atoms with Crippen molar-refractivity contribution >= 4 is 0 Å². The first-order chi connectivity index (χ1) is 9.74. The van der Waals surface area contributed by atoms with Crippen molar-refractivity contribution in [1.29, 1.82) is 0 Å². The number of phenolic OH excluding ortho intramolecular Hbond substituents is 1. The van der Waals surface area contributed by atoms with Gasteiger partial charge in [0, 0.05) is 18.0 Å². The van der Waals surface area contributed by atoms with Crippen LogP contribution in [0.15, 0.2) is 18.2 Å². The standard InChI is InChI=1S/C18H21NO/c1-2-9-19-10-8-18-7-3-4-15(18)17(19)11-13-5-6-14(20)12-16(13)18/h1,5-6,12,15,17,20H,3-4,7-11H2/t15-,17+,18+/m0/s1. The minimum Gasteiger partial charge on any atom is -0.508 e. The van der Waals surface area contributed by atoms with Crippen LogP contribution in [0, 0.1) is 18.3 Å². The predicted molar refractivity (Wildman–Crippen MR) is 79.6 cm³/mol. The van der Waals surface area contributed by atoms with E-state index in [0.717, 1.165) is 25.4 Å². The molecule has 1 aromatic rings. The second kappa shape index (κ2) is 4.27. The van der Waals surface area contributed by atoms with Gasteiger partial charge >= 0.3 is 0 Å². The maximum absolute atomic E-state index is 9.90. The number of likely N-dealkylation sites (tertiary alicyclic amines) is 1. The summed E-state index contributed by atoms with van der Waals surface area (Å²) in [6.45, 7) is 1.89. The summed E-state index contributed by atoms with van der Waals surface area (Å²) in [5, 5.41) is 9.90. The van der Waals surface area contributed by atoms with Crippen molar-refractivity contribution in [2.75, 3.05) is 13.1 Å². The van der Waals surface area contributed by atoms with Crippen LogP contribution in [0.3, 0.4) is 0 Å². The fourth-order valence-electron chi connectivity index (χ4n) is 5.22. The number of rotatable bonds is 1. The quantitative estimate of drug-likeness (QED) is 0.791. The van der Waals surface area contributed by atoms with E-state index in [4.69, 9.17) is 6.42 Å². The lowest BCUT2D eigenvalue weighted by molar-refractivity contribution is 0.0412. The van der Waals surface area contributed by atoms with Crippen LogP contribution in [0.25, 0.3) is 0 Å². The Morgan fingerprint density at radius 1 is 1.40 bits per heavy atom. The zero-order valence-corrected chi connectivity index (χ0v) is 11.8.